The maximum Gasteiger partial charge on any atom is 0.321 e. The molecule has 25 heavy (non-hydrogen) atoms. The summed E-state index contributed by atoms with van der Waals surface area (Å²) in [7, 11) is 0. The van der Waals surface area contributed by atoms with E-state index in [9.17, 15) is 9.59 Å². The summed E-state index contributed by atoms with van der Waals surface area (Å²) < 4.78 is 0. The maximum atomic E-state index is 12.6. The lowest BCUT2D eigenvalue weighted by Crippen LogP contribution is -2.35. The van der Waals surface area contributed by atoms with Gasteiger partial charge in [-0.3, -0.25) is 4.79 Å². The number of nitrogens with one attached hydrogen (secondary N) is 1. The van der Waals surface area contributed by atoms with Crippen molar-refractivity contribution in [2.45, 2.75) is 52.4 Å². The zero-order chi connectivity index (χ0) is 17.8. The molecule has 2 aliphatic heterocycles. The van der Waals surface area contributed by atoms with Gasteiger partial charge in [-0.25, -0.2) is 4.79 Å². The third-order valence-electron chi connectivity index (χ3n) is 5.44. The second-order valence-electron chi connectivity index (χ2n) is 7.27. The highest BCUT2D eigenvalue weighted by Gasteiger charge is 2.23. The molecule has 0 saturated carbocycles. The molecular weight excluding hydrogens is 314 g/mol. The third-order valence-corrected chi connectivity index (χ3v) is 5.44. The van der Waals surface area contributed by atoms with Crippen molar-refractivity contribution in [1.29, 1.82) is 0 Å². The summed E-state index contributed by atoms with van der Waals surface area (Å²) in [4.78, 5) is 28.0. The lowest BCUT2D eigenvalue weighted by atomic mass is 9.96. The molecule has 1 fully saturated rings. The number of hydrogen-bond acceptors (Lipinski definition) is 2. The molecule has 1 aromatic carbocycles. The van der Waals surface area contributed by atoms with Crippen molar-refractivity contribution in [3.8, 4) is 0 Å². The SMILES string of the molecule is CCCC1CCCN(C(=O)Nc2ccc3c(c2)CCN3C(C)=O)CC1. The first-order valence-electron chi connectivity index (χ1n) is 9.55. The fourth-order valence-electron chi connectivity index (χ4n) is 4.07. The first-order chi connectivity index (χ1) is 12.1. The minimum atomic E-state index is -0.00137. The monoisotopic (exact) mass is 343 g/mol. The van der Waals surface area contributed by atoms with Crippen LogP contribution in [0.15, 0.2) is 18.2 Å². The molecule has 1 unspecified atom stereocenters. The largest absolute Gasteiger partial charge is 0.325 e. The molecule has 0 spiro atoms. The van der Waals surface area contributed by atoms with Crippen molar-refractivity contribution in [1.82, 2.24) is 4.90 Å². The molecule has 0 radical (unpaired) electrons. The van der Waals surface area contributed by atoms with E-state index in [1.54, 1.807) is 11.8 Å². The van der Waals surface area contributed by atoms with Crippen molar-refractivity contribution >= 4 is 23.3 Å². The van der Waals surface area contributed by atoms with Gasteiger partial charge in [0.25, 0.3) is 0 Å². The number of likely N-dealkylation sites (tertiary alicyclic amines) is 1. The predicted octanol–water partition coefficient (Wildman–Crippen LogP) is 4.03. The molecule has 3 amide bonds. The number of rotatable bonds is 3. The molecule has 2 aliphatic rings. The fourth-order valence-corrected chi connectivity index (χ4v) is 4.07. The highest BCUT2D eigenvalue weighted by atomic mass is 16.2. The van der Waals surface area contributed by atoms with E-state index in [4.69, 9.17) is 0 Å². The smallest absolute Gasteiger partial charge is 0.321 e. The van der Waals surface area contributed by atoms with Gasteiger partial charge in [0.2, 0.25) is 5.91 Å². The zero-order valence-electron chi connectivity index (χ0n) is 15.4. The Morgan fingerprint density at radius 3 is 2.80 bits per heavy atom. The number of fused-ring (bicyclic) bond motifs is 1. The Bertz CT molecular complexity index is 644. The van der Waals surface area contributed by atoms with Gasteiger partial charge in [0.05, 0.1) is 0 Å². The van der Waals surface area contributed by atoms with Crippen molar-refractivity contribution in [3.63, 3.8) is 0 Å². The molecule has 1 saturated heterocycles. The van der Waals surface area contributed by atoms with Crippen LogP contribution in [-0.2, 0) is 11.2 Å². The lowest BCUT2D eigenvalue weighted by Gasteiger charge is -2.21. The molecule has 136 valence electrons. The number of amides is 3. The molecular formula is C20H29N3O2. The van der Waals surface area contributed by atoms with Gasteiger partial charge in [0.1, 0.15) is 0 Å². The van der Waals surface area contributed by atoms with Gasteiger partial charge >= 0.3 is 6.03 Å². The van der Waals surface area contributed by atoms with Gasteiger partial charge in [-0.1, -0.05) is 19.8 Å². The van der Waals surface area contributed by atoms with E-state index in [-0.39, 0.29) is 11.9 Å². The first kappa shape index (κ1) is 17.8. The number of nitrogens with zero attached hydrogens (tertiary/aromatic N) is 2. The average Bonchev–Trinajstić information content (AvgIpc) is 2.86. The summed E-state index contributed by atoms with van der Waals surface area (Å²) >= 11 is 0. The Kier molecular flexibility index (Phi) is 5.61. The molecule has 0 aliphatic carbocycles. The molecule has 0 aromatic heterocycles. The van der Waals surface area contributed by atoms with Gasteiger partial charge in [-0.2, -0.15) is 0 Å². The number of carbonyl (C=O) groups excluding carboxylic acids is 2. The van der Waals surface area contributed by atoms with Crippen molar-refractivity contribution < 1.29 is 9.59 Å². The van der Waals surface area contributed by atoms with Crippen LogP contribution >= 0.6 is 0 Å². The standard InChI is InChI=1S/C20H29N3O2/c1-3-5-16-6-4-11-22(12-9-16)20(25)21-18-7-8-19-17(14-18)10-13-23(19)15(2)24/h7-8,14,16H,3-6,9-13H2,1-2H3,(H,21,25). The Morgan fingerprint density at radius 1 is 1.20 bits per heavy atom. The van der Waals surface area contributed by atoms with Crippen LogP contribution in [0.5, 0.6) is 0 Å². The predicted molar refractivity (Wildman–Crippen MR) is 101 cm³/mol. The van der Waals surface area contributed by atoms with E-state index >= 15 is 0 Å². The van der Waals surface area contributed by atoms with E-state index in [0.29, 0.717) is 0 Å². The maximum absolute atomic E-state index is 12.6. The molecule has 5 nitrogen and oxygen atoms in total. The number of carbonyl (C=O) groups is 2. The summed E-state index contributed by atoms with van der Waals surface area (Å²) in [5, 5.41) is 3.04. The first-order valence-corrected chi connectivity index (χ1v) is 9.55. The fraction of sp³-hybridized carbons (Fsp3) is 0.600. The molecule has 5 heteroatoms. The third kappa shape index (κ3) is 4.14. The van der Waals surface area contributed by atoms with Crippen LogP contribution < -0.4 is 10.2 Å². The van der Waals surface area contributed by atoms with Crippen molar-refractivity contribution in [2.24, 2.45) is 5.92 Å². The quantitative estimate of drug-likeness (QED) is 0.901. The van der Waals surface area contributed by atoms with Crippen LogP contribution in [0.1, 0.15) is 51.5 Å². The number of hydrogen-bond donors (Lipinski definition) is 1. The highest BCUT2D eigenvalue weighted by Crippen LogP contribution is 2.30. The van der Waals surface area contributed by atoms with E-state index in [1.165, 1.54) is 19.3 Å². The van der Waals surface area contributed by atoms with Crippen LogP contribution in [0.25, 0.3) is 0 Å². The van der Waals surface area contributed by atoms with Crippen LogP contribution in [0.3, 0.4) is 0 Å². The molecule has 0 bridgehead atoms. The summed E-state index contributed by atoms with van der Waals surface area (Å²) in [5.74, 6) is 0.835. The highest BCUT2D eigenvalue weighted by molar-refractivity contribution is 5.95. The van der Waals surface area contributed by atoms with Crippen LogP contribution in [0.4, 0.5) is 16.2 Å². The van der Waals surface area contributed by atoms with E-state index < -0.39 is 0 Å². The zero-order valence-corrected chi connectivity index (χ0v) is 15.4. The van der Waals surface area contributed by atoms with E-state index in [2.05, 4.69) is 12.2 Å². The second kappa shape index (κ2) is 7.89. The Morgan fingerprint density at radius 2 is 2.04 bits per heavy atom. The molecule has 1 atom stereocenters. The Labute approximate surface area is 150 Å². The van der Waals surface area contributed by atoms with E-state index in [1.807, 2.05) is 23.1 Å². The molecule has 1 aromatic rings. The van der Waals surface area contributed by atoms with Gasteiger partial charge in [0.15, 0.2) is 0 Å². The van der Waals surface area contributed by atoms with Crippen LogP contribution in [0, 0.1) is 5.92 Å². The van der Waals surface area contributed by atoms with Crippen molar-refractivity contribution in [2.75, 3.05) is 29.9 Å². The molecule has 3 rings (SSSR count). The topological polar surface area (TPSA) is 52.7 Å². The van der Waals surface area contributed by atoms with Crippen molar-refractivity contribution in [3.05, 3.63) is 23.8 Å². The van der Waals surface area contributed by atoms with Gasteiger partial charge in [-0.15, -0.1) is 0 Å². The minimum absolute atomic E-state index is 0.00137. The summed E-state index contributed by atoms with van der Waals surface area (Å²) in [6, 6.07) is 5.85. The number of anilines is 2. The van der Waals surface area contributed by atoms with Crippen LogP contribution in [-0.4, -0.2) is 36.5 Å². The minimum Gasteiger partial charge on any atom is -0.325 e. The Hall–Kier alpha value is -2.04. The second-order valence-corrected chi connectivity index (χ2v) is 7.27. The van der Waals surface area contributed by atoms with Crippen LogP contribution in [0.2, 0.25) is 0 Å². The molecule has 1 N–H and O–H groups in total. The number of urea groups is 1. The summed E-state index contributed by atoms with van der Waals surface area (Å²) in [5.41, 5.74) is 2.93. The normalized spacial score (nSPS) is 20.2. The van der Waals surface area contributed by atoms with E-state index in [0.717, 1.165) is 61.8 Å². The van der Waals surface area contributed by atoms with Gasteiger partial charge in [0, 0.05) is 37.9 Å². The summed E-state index contributed by atoms with van der Waals surface area (Å²) in [6.45, 7) is 6.24. The van der Waals surface area contributed by atoms with Gasteiger partial charge in [-0.05, 0) is 55.4 Å². The van der Waals surface area contributed by atoms with Gasteiger partial charge < -0.3 is 15.1 Å². The average molecular weight is 343 g/mol. The Balaban J connectivity index is 1.61. The lowest BCUT2D eigenvalue weighted by molar-refractivity contribution is -0.116. The molecule has 2 heterocycles. The summed E-state index contributed by atoms with van der Waals surface area (Å²) in [6.07, 6.45) is 6.78. The number of benzene rings is 1.